The number of unbranched alkanes of at least 4 members (excludes halogenated alkanes) is 1. The fourth-order valence-electron chi connectivity index (χ4n) is 1.90. The van der Waals surface area contributed by atoms with Gasteiger partial charge in [-0.05, 0) is 24.6 Å². The Morgan fingerprint density at radius 2 is 2.11 bits per heavy atom. The summed E-state index contributed by atoms with van der Waals surface area (Å²) in [5, 5.41) is 9.77. The number of methoxy groups -OCH3 is 1. The van der Waals surface area contributed by atoms with Gasteiger partial charge in [-0.1, -0.05) is 20.3 Å². The van der Waals surface area contributed by atoms with Crippen molar-refractivity contribution in [3.8, 4) is 11.5 Å². The maximum absolute atomic E-state index is 9.77. The van der Waals surface area contributed by atoms with Gasteiger partial charge in [-0.3, -0.25) is 0 Å². The summed E-state index contributed by atoms with van der Waals surface area (Å²) < 4.78 is 5.05. The molecule has 0 saturated carbocycles. The van der Waals surface area contributed by atoms with Crippen molar-refractivity contribution in [1.82, 2.24) is 0 Å². The smallest absolute Gasteiger partial charge is 0.160 e. The molecule has 0 saturated heterocycles. The SMILES string of the molecule is CCCC[C@]([NH3+])(CC)CSc1ccc(OC)c(O)c1. The van der Waals surface area contributed by atoms with E-state index in [1.807, 2.05) is 6.07 Å². The second kappa shape index (κ2) is 7.65. The zero-order chi connectivity index (χ0) is 14.3. The molecule has 4 heteroatoms. The van der Waals surface area contributed by atoms with Crippen LogP contribution in [0.5, 0.6) is 11.5 Å². The number of ether oxygens (including phenoxy) is 1. The lowest BCUT2D eigenvalue weighted by Gasteiger charge is -2.24. The molecule has 0 aromatic heterocycles. The minimum atomic E-state index is 0.135. The van der Waals surface area contributed by atoms with Gasteiger partial charge in [0.1, 0.15) is 5.54 Å². The molecule has 0 aliphatic rings. The van der Waals surface area contributed by atoms with Gasteiger partial charge < -0.3 is 15.6 Å². The Labute approximate surface area is 120 Å². The van der Waals surface area contributed by atoms with Crippen molar-refractivity contribution in [2.24, 2.45) is 0 Å². The number of phenolic OH excluding ortho intramolecular Hbond substituents is 1. The van der Waals surface area contributed by atoms with Gasteiger partial charge in [-0.2, -0.15) is 0 Å². The van der Waals surface area contributed by atoms with E-state index in [4.69, 9.17) is 4.74 Å². The molecule has 1 rings (SSSR count). The van der Waals surface area contributed by atoms with Crippen molar-refractivity contribution in [1.29, 1.82) is 0 Å². The van der Waals surface area contributed by atoms with E-state index >= 15 is 0 Å². The molecule has 1 aromatic rings. The van der Waals surface area contributed by atoms with E-state index in [0.717, 1.165) is 23.5 Å². The van der Waals surface area contributed by atoms with Crippen LogP contribution in [0.1, 0.15) is 39.5 Å². The predicted molar refractivity (Wildman–Crippen MR) is 80.8 cm³/mol. The molecular formula is C15H26NO2S+. The Balaban J connectivity index is 2.61. The standard InChI is InChI=1S/C15H25NO2S/c1-4-6-9-15(16,5-2)11-19-12-7-8-14(18-3)13(17)10-12/h7-8,10,17H,4-6,9,11,16H2,1-3H3/p+1/t15-/m1/s1. The van der Waals surface area contributed by atoms with Crippen LogP contribution < -0.4 is 10.5 Å². The Morgan fingerprint density at radius 1 is 1.37 bits per heavy atom. The molecule has 0 spiro atoms. The molecule has 0 aliphatic heterocycles. The second-order valence-corrected chi connectivity index (χ2v) is 6.13. The summed E-state index contributed by atoms with van der Waals surface area (Å²) in [5.74, 6) is 1.70. The molecule has 0 heterocycles. The van der Waals surface area contributed by atoms with Crippen LogP contribution in [0.2, 0.25) is 0 Å². The summed E-state index contributed by atoms with van der Waals surface area (Å²) in [6.07, 6.45) is 4.69. The topological polar surface area (TPSA) is 57.1 Å². The van der Waals surface area contributed by atoms with Crippen molar-refractivity contribution in [2.45, 2.75) is 50.0 Å². The predicted octanol–water partition coefficient (Wildman–Crippen LogP) is 3.07. The minimum absolute atomic E-state index is 0.135. The van der Waals surface area contributed by atoms with Crippen LogP contribution in [0.4, 0.5) is 0 Å². The van der Waals surface area contributed by atoms with Crippen LogP contribution in [0.25, 0.3) is 0 Å². The maximum Gasteiger partial charge on any atom is 0.160 e. The molecule has 108 valence electrons. The van der Waals surface area contributed by atoms with Gasteiger partial charge in [0.15, 0.2) is 11.5 Å². The Kier molecular flexibility index (Phi) is 6.52. The highest BCUT2D eigenvalue weighted by molar-refractivity contribution is 7.99. The number of thioether (sulfide) groups is 1. The van der Waals surface area contributed by atoms with Gasteiger partial charge >= 0.3 is 0 Å². The Morgan fingerprint density at radius 3 is 2.63 bits per heavy atom. The number of hydrogen-bond donors (Lipinski definition) is 2. The van der Waals surface area contributed by atoms with Gasteiger partial charge in [0.2, 0.25) is 0 Å². The molecule has 0 amide bonds. The van der Waals surface area contributed by atoms with Gasteiger partial charge in [-0.15, -0.1) is 11.8 Å². The molecule has 19 heavy (non-hydrogen) atoms. The quantitative estimate of drug-likeness (QED) is 0.721. The van der Waals surface area contributed by atoms with Crippen LogP contribution in [-0.4, -0.2) is 23.5 Å². The van der Waals surface area contributed by atoms with E-state index in [2.05, 4.69) is 19.6 Å². The summed E-state index contributed by atoms with van der Waals surface area (Å²) in [6, 6.07) is 5.55. The normalized spacial score (nSPS) is 14.1. The highest BCUT2D eigenvalue weighted by atomic mass is 32.2. The van der Waals surface area contributed by atoms with E-state index in [1.165, 1.54) is 12.8 Å². The van der Waals surface area contributed by atoms with Crippen molar-refractivity contribution < 1.29 is 15.6 Å². The highest BCUT2D eigenvalue weighted by Gasteiger charge is 2.26. The first kappa shape index (κ1) is 16.2. The highest BCUT2D eigenvalue weighted by Crippen LogP contribution is 2.32. The van der Waals surface area contributed by atoms with E-state index < -0.39 is 0 Å². The lowest BCUT2D eigenvalue weighted by atomic mass is 9.93. The molecule has 0 bridgehead atoms. The number of phenols is 1. The fourth-order valence-corrected chi connectivity index (χ4v) is 3.08. The first-order valence-electron chi connectivity index (χ1n) is 6.90. The van der Waals surface area contributed by atoms with Crippen molar-refractivity contribution in [3.05, 3.63) is 18.2 Å². The molecule has 0 unspecified atom stereocenters. The van der Waals surface area contributed by atoms with Gasteiger partial charge in [0.05, 0.1) is 12.9 Å². The van der Waals surface area contributed by atoms with Crippen molar-refractivity contribution in [3.63, 3.8) is 0 Å². The van der Waals surface area contributed by atoms with Crippen molar-refractivity contribution in [2.75, 3.05) is 12.9 Å². The van der Waals surface area contributed by atoms with Gasteiger partial charge in [0, 0.05) is 17.7 Å². The summed E-state index contributed by atoms with van der Waals surface area (Å²) in [6.45, 7) is 4.42. The molecule has 3 nitrogen and oxygen atoms in total. The average molecular weight is 284 g/mol. The van der Waals surface area contributed by atoms with E-state index in [-0.39, 0.29) is 11.3 Å². The van der Waals surface area contributed by atoms with E-state index in [9.17, 15) is 5.11 Å². The van der Waals surface area contributed by atoms with E-state index in [0.29, 0.717) is 5.75 Å². The Hall–Kier alpha value is -0.870. The molecule has 1 aromatic carbocycles. The maximum atomic E-state index is 9.77. The largest absolute Gasteiger partial charge is 0.504 e. The average Bonchev–Trinajstić information content (AvgIpc) is 2.43. The van der Waals surface area contributed by atoms with Gasteiger partial charge in [-0.25, -0.2) is 0 Å². The van der Waals surface area contributed by atoms with E-state index in [1.54, 1.807) is 31.0 Å². The zero-order valence-electron chi connectivity index (χ0n) is 12.2. The van der Waals surface area contributed by atoms with Crippen LogP contribution >= 0.6 is 11.8 Å². The number of benzene rings is 1. The third-order valence-corrected chi connectivity index (χ3v) is 4.85. The first-order chi connectivity index (χ1) is 9.04. The summed E-state index contributed by atoms with van der Waals surface area (Å²) >= 11 is 1.76. The fraction of sp³-hybridized carbons (Fsp3) is 0.600. The molecule has 0 radical (unpaired) electrons. The number of hydrogen-bond acceptors (Lipinski definition) is 3. The second-order valence-electron chi connectivity index (χ2n) is 5.08. The molecule has 0 fully saturated rings. The third kappa shape index (κ3) is 4.96. The molecule has 4 N–H and O–H groups in total. The van der Waals surface area contributed by atoms with Crippen LogP contribution in [0.3, 0.4) is 0 Å². The lowest BCUT2D eigenvalue weighted by Crippen LogP contribution is -2.73. The van der Waals surface area contributed by atoms with Crippen LogP contribution in [0.15, 0.2) is 23.1 Å². The first-order valence-corrected chi connectivity index (χ1v) is 7.88. The van der Waals surface area contributed by atoms with Gasteiger partial charge in [0.25, 0.3) is 0 Å². The summed E-state index contributed by atoms with van der Waals surface area (Å²) in [5.41, 5.74) is 4.52. The minimum Gasteiger partial charge on any atom is -0.504 e. The number of rotatable bonds is 8. The third-order valence-electron chi connectivity index (χ3n) is 3.51. The number of quaternary nitrogens is 1. The van der Waals surface area contributed by atoms with Crippen LogP contribution in [0, 0.1) is 0 Å². The summed E-state index contributed by atoms with van der Waals surface area (Å²) in [7, 11) is 1.56. The Bertz CT molecular complexity index is 398. The lowest BCUT2D eigenvalue weighted by molar-refractivity contribution is -0.472. The zero-order valence-corrected chi connectivity index (χ0v) is 13.1. The number of aromatic hydroxyl groups is 1. The van der Waals surface area contributed by atoms with Crippen molar-refractivity contribution >= 4 is 11.8 Å². The van der Waals surface area contributed by atoms with Crippen LogP contribution in [-0.2, 0) is 0 Å². The molecular weight excluding hydrogens is 258 g/mol. The monoisotopic (exact) mass is 284 g/mol. The molecule has 0 aliphatic carbocycles. The summed E-state index contributed by atoms with van der Waals surface area (Å²) in [4.78, 5) is 1.07. The molecule has 1 atom stereocenters.